The number of unbranched alkanes of at least 4 members (excludes halogenated alkanes) is 34. The van der Waals surface area contributed by atoms with Gasteiger partial charge in [-0.2, -0.15) is 0 Å². The number of ether oxygens (including phenoxy) is 3. The van der Waals surface area contributed by atoms with E-state index in [1.165, 1.54) is 199 Å². The van der Waals surface area contributed by atoms with E-state index in [2.05, 4.69) is 50.3 Å². The molecule has 0 aliphatic carbocycles. The van der Waals surface area contributed by atoms with Gasteiger partial charge in [0.2, 0.25) is 0 Å². The van der Waals surface area contributed by atoms with Crippen LogP contribution in [0.15, 0.2) is 36.5 Å². The smallest absolute Gasteiger partial charge is 0.306 e. The molecule has 0 fully saturated rings. The van der Waals surface area contributed by atoms with Gasteiger partial charge >= 0.3 is 11.9 Å². The molecule has 0 spiro atoms. The molecule has 0 aliphatic heterocycles. The van der Waals surface area contributed by atoms with Gasteiger partial charge in [0.1, 0.15) is 12.6 Å². The number of hydrogen-bond acceptors (Lipinski definition) is 7. The molecule has 0 amide bonds. The minimum Gasteiger partial charge on any atom is -0.544 e. The topological polar surface area (TPSA) is 102 Å². The number of aliphatic carboxylic acids is 1. The molecule has 8 nitrogen and oxygen atoms in total. The molecule has 69 heavy (non-hydrogen) atoms. The van der Waals surface area contributed by atoms with Crippen molar-refractivity contribution >= 4 is 17.9 Å². The number of carbonyl (C=O) groups is 3. The number of likely N-dealkylation sites (N-methyl/N-ethyl adjacent to an activating group) is 1. The molecule has 0 saturated heterocycles. The predicted molar refractivity (Wildman–Crippen MR) is 291 cm³/mol. The van der Waals surface area contributed by atoms with Gasteiger partial charge < -0.3 is 28.6 Å². The highest BCUT2D eigenvalue weighted by atomic mass is 16.6. The van der Waals surface area contributed by atoms with E-state index in [9.17, 15) is 19.5 Å². The third-order valence-corrected chi connectivity index (χ3v) is 13.5. The number of quaternary nitrogens is 1. The molecule has 0 rings (SSSR count). The first-order valence-electron chi connectivity index (χ1n) is 29.5. The van der Waals surface area contributed by atoms with Crippen molar-refractivity contribution in [3.8, 4) is 0 Å². The molecule has 0 aliphatic rings. The van der Waals surface area contributed by atoms with Gasteiger partial charge in [-0.3, -0.25) is 9.59 Å². The van der Waals surface area contributed by atoms with Crippen LogP contribution in [0.25, 0.3) is 0 Å². The molecule has 0 aromatic carbocycles. The van der Waals surface area contributed by atoms with Gasteiger partial charge in [0.05, 0.1) is 40.3 Å². The van der Waals surface area contributed by atoms with Crippen molar-refractivity contribution in [2.75, 3.05) is 41.0 Å². The monoisotopic (exact) mass is 972 g/mol. The van der Waals surface area contributed by atoms with E-state index in [4.69, 9.17) is 14.2 Å². The second kappa shape index (κ2) is 51.9. The highest BCUT2D eigenvalue weighted by Crippen LogP contribution is 2.16. The quantitative estimate of drug-likeness (QED) is 0.0259. The van der Waals surface area contributed by atoms with Crippen molar-refractivity contribution in [2.24, 2.45) is 0 Å². The molecular formula is C61H113NO7. The number of carbonyl (C=O) groups excluding carboxylic acids is 3. The van der Waals surface area contributed by atoms with Crippen molar-refractivity contribution in [3.63, 3.8) is 0 Å². The van der Waals surface area contributed by atoms with Gasteiger partial charge in [-0.05, 0) is 70.6 Å². The maximum Gasteiger partial charge on any atom is 0.306 e. The number of rotatable bonds is 54. The van der Waals surface area contributed by atoms with Gasteiger partial charge in [-0.25, -0.2) is 0 Å². The first-order chi connectivity index (χ1) is 33.6. The van der Waals surface area contributed by atoms with Gasteiger partial charge in [-0.15, -0.1) is 0 Å². The molecule has 0 bridgehead atoms. The fraction of sp³-hybridized carbons (Fsp3) is 0.852. The van der Waals surface area contributed by atoms with Gasteiger partial charge in [0, 0.05) is 19.3 Å². The van der Waals surface area contributed by atoms with Crippen LogP contribution in [-0.4, -0.2) is 75.5 Å². The number of nitrogens with zero attached hydrogens (tertiary/aromatic N) is 1. The molecule has 2 atom stereocenters. The lowest BCUT2D eigenvalue weighted by molar-refractivity contribution is -0.889. The molecular weight excluding hydrogens is 859 g/mol. The van der Waals surface area contributed by atoms with E-state index in [0.717, 1.165) is 51.4 Å². The van der Waals surface area contributed by atoms with E-state index in [-0.39, 0.29) is 42.7 Å². The fourth-order valence-corrected chi connectivity index (χ4v) is 8.92. The molecule has 8 heteroatoms. The molecule has 0 N–H and O–H groups in total. The second-order valence-electron chi connectivity index (χ2n) is 21.2. The lowest BCUT2D eigenvalue weighted by Gasteiger charge is -2.34. The Hall–Kier alpha value is -2.45. The number of esters is 2. The number of allylic oxidation sites excluding steroid dienone is 6. The summed E-state index contributed by atoms with van der Waals surface area (Å²) in [5.41, 5.74) is 0. The summed E-state index contributed by atoms with van der Waals surface area (Å²) >= 11 is 0. The Labute approximate surface area is 427 Å². The highest BCUT2D eigenvalue weighted by molar-refractivity contribution is 5.70. The Morgan fingerprint density at radius 3 is 1.13 bits per heavy atom. The normalized spacial score (nSPS) is 13.0. The van der Waals surface area contributed by atoms with E-state index < -0.39 is 18.1 Å². The summed E-state index contributed by atoms with van der Waals surface area (Å²) in [6, 6.07) is -0.728. The molecule has 0 aromatic heterocycles. The second-order valence-corrected chi connectivity index (χ2v) is 21.2. The van der Waals surface area contributed by atoms with Crippen LogP contribution in [0.2, 0.25) is 0 Å². The zero-order valence-corrected chi connectivity index (χ0v) is 46.2. The lowest BCUT2D eigenvalue weighted by atomic mass is 10.0. The highest BCUT2D eigenvalue weighted by Gasteiger charge is 2.25. The number of carboxylic acids is 1. The minimum absolute atomic E-state index is 0.0384. The van der Waals surface area contributed by atoms with Crippen molar-refractivity contribution in [1.82, 2.24) is 0 Å². The standard InChI is InChI=1S/C61H113NO7/c1-6-8-10-12-14-16-18-20-22-24-26-28-30-32-33-35-37-39-41-43-45-47-49-51-59(63)68-56-57(55-67-54-53-58(61(65)66)62(3,4)5)69-60(64)52-50-48-46-44-42-40-38-36-34-31-29-27-25-23-21-19-17-15-13-11-9-7-2/h26,28,31-34,57-58H,6-25,27,29-30,35-56H2,1-5H3/b28-26+,33-32+,34-31+. The minimum atomic E-state index is -1.12. The molecule has 0 saturated carbocycles. The summed E-state index contributed by atoms with van der Waals surface area (Å²) in [5.74, 6) is -1.73. The summed E-state index contributed by atoms with van der Waals surface area (Å²) in [6.07, 6.45) is 63.3. The molecule has 0 radical (unpaired) electrons. The fourth-order valence-electron chi connectivity index (χ4n) is 8.92. The van der Waals surface area contributed by atoms with Crippen molar-refractivity contribution in [2.45, 2.75) is 296 Å². The molecule has 0 heterocycles. The van der Waals surface area contributed by atoms with Gasteiger partial charge in [0.25, 0.3) is 0 Å². The Morgan fingerprint density at radius 1 is 0.435 bits per heavy atom. The molecule has 2 unspecified atom stereocenters. The van der Waals surface area contributed by atoms with Gasteiger partial charge in [0.15, 0.2) is 6.10 Å². The third kappa shape index (κ3) is 50.3. The predicted octanol–water partition coefficient (Wildman–Crippen LogP) is 16.4. The molecule has 404 valence electrons. The van der Waals surface area contributed by atoms with E-state index in [1.54, 1.807) is 0 Å². The summed E-state index contributed by atoms with van der Waals surface area (Å²) in [5, 5.41) is 11.7. The number of hydrogen-bond donors (Lipinski definition) is 0. The summed E-state index contributed by atoms with van der Waals surface area (Å²) in [6.45, 7) is 4.70. The van der Waals surface area contributed by atoms with Crippen LogP contribution in [0.4, 0.5) is 0 Å². The first-order valence-corrected chi connectivity index (χ1v) is 29.5. The van der Waals surface area contributed by atoms with Crippen LogP contribution in [0.5, 0.6) is 0 Å². The van der Waals surface area contributed by atoms with Crippen LogP contribution < -0.4 is 5.11 Å². The van der Waals surface area contributed by atoms with Crippen LogP contribution in [0.3, 0.4) is 0 Å². The van der Waals surface area contributed by atoms with E-state index in [0.29, 0.717) is 12.8 Å². The van der Waals surface area contributed by atoms with E-state index >= 15 is 0 Å². The Kier molecular flexibility index (Phi) is 50.0. The Balaban J connectivity index is 4.17. The van der Waals surface area contributed by atoms with E-state index in [1.807, 2.05) is 21.1 Å². The number of carboxylic acid groups (broad SMARTS) is 1. The first kappa shape index (κ1) is 66.6. The largest absolute Gasteiger partial charge is 0.544 e. The van der Waals surface area contributed by atoms with Crippen molar-refractivity contribution in [1.29, 1.82) is 0 Å². The van der Waals surface area contributed by atoms with Crippen LogP contribution >= 0.6 is 0 Å². The zero-order valence-electron chi connectivity index (χ0n) is 46.2. The van der Waals surface area contributed by atoms with Crippen molar-refractivity contribution in [3.05, 3.63) is 36.5 Å². The summed E-state index contributed by atoms with van der Waals surface area (Å²) in [7, 11) is 5.43. The van der Waals surface area contributed by atoms with Crippen molar-refractivity contribution < 1.29 is 38.2 Å². The Bertz CT molecular complexity index is 1220. The zero-order chi connectivity index (χ0) is 50.6. The average molecular weight is 973 g/mol. The summed E-state index contributed by atoms with van der Waals surface area (Å²) < 4.78 is 17.3. The van der Waals surface area contributed by atoms with Crippen LogP contribution in [0, 0.1) is 0 Å². The maximum absolute atomic E-state index is 12.8. The average Bonchev–Trinajstić information content (AvgIpc) is 3.31. The van der Waals surface area contributed by atoms with Crippen LogP contribution in [0.1, 0.15) is 284 Å². The molecule has 0 aromatic rings. The van der Waals surface area contributed by atoms with Crippen LogP contribution in [-0.2, 0) is 28.6 Å². The maximum atomic E-state index is 12.8. The Morgan fingerprint density at radius 2 is 0.768 bits per heavy atom. The summed E-state index contributed by atoms with van der Waals surface area (Å²) in [4.78, 5) is 37.2. The lowest BCUT2D eigenvalue weighted by Crippen LogP contribution is -2.55. The third-order valence-electron chi connectivity index (χ3n) is 13.5. The van der Waals surface area contributed by atoms with Gasteiger partial charge in [-0.1, -0.05) is 230 Å². The SMILES string of the molecule is CCCCCCCCCCC/C=C/C/C=C/CCCCCCCCCC(=O)OCC(COCCC(C(=O)[O-])[N+](C)(C)C)OC(=O)CCCCCCCCC/C=C/CCCCCCCCCCCCC.